The van der Waals surface area contributed by atoms with Crippen molar-refractivity contribution in [3.05, 3.63) is 75.5 Å². The van der Waals surface area contributed by atoms with Crippen LogP contribution < -0.4 is 10.1 Å². The third-order valence-corrected chi connectivity index (χ3v) is 4.36. The molecule has 1 aromatic heterocycles. The fraction of sp³-hybridized carbons (Fsp3) is 0.111. The number of hydrogen-bond acceptors (Lipinski definition) is 3. The molecular formula is C18H15BrClN3O2. The maximum atomic E-state index is 12.4. The van der Waals surface area contributed by atoms with Gasteiger partial charge in [-0.25, -0.2) is 4.68 Å². The lowest BCUT2D eigenvalue weighted by molar-refractivity contribution is 0.0950. The molecule has 0 bridgehead atoms. The highest BCUT2D eigenvalue weighted by atomic mass is 79.9. The van der Waals surface area contributed by atoms with E-state index in [1.54, 1.807) is 30.1 Å². The van der Waals surface area contributed by atoms with E-state index in [4.69, 9.17) is 16.3 Å². The average molecular weight is 421 g/mol. The Morgan fingerprint density at radius 2 is 2.04 bits per heavy atom. The van der Waals surface area contributed by atoms with E-state index in [1.165, 1.54) is 6.20 Å². The Balaban J connectivity index is 1.70. The van der Waals surface area contributed by atoms with Gasteiger partial charge in [-0.2, -0.15) is 5.10 Å². The predicted octanol–water partition coefficient (Wildman–Crippen LogP) is 4.23. The van der Waals surface area contributed by atoms with Crippen LogP contribution in [0, 0.1) is 0 Å². The fourth-order valence-electron chi connectivity index (χ4n) is 2.34. The molecular weight excluding hydrogens is 406 g/mol. The molecule has 0 aliphatic rings. The summed E-state index contributed by atoms with van der Waals surface area (Å²) >= 11 is 9.30. The van der Waals surface area contributed by atoms with Crippen molar-refractivity contribution in [2.75, 3.05) is 7.11 Å². The smallest absolute Gasteiger partial charge is 0.254 e. The summed E-state index contributed by atoms with van der Waals surface area (Å²) in [6.45, 7) is 0.355. The molecule has 0 saturated carbocycles. The summed E-state index contributed by atoms with van der Waals surface area (Å²) in [6, 6.07) is 12.9. The van der Waals surface area contributed by atoms with Crippen molar-refractivity contribution in [2.24, 2.45) is 0 Å². The molecule has 7 heteroatoms. The van der Waals surface area contributed by atoms with Crippen LogP contribution in [0.5, 0.6) is 5.75 Å². The zero-order chi connectivity index (χ0) is 17.8. The Kier molecular flexibility index (Phi) is 5.40. The van der Waals surface area contributed by atoms with Crippen molar-refractivity contribution in [3.63, 3.8) is 0 Å². The molecule has 0 radical (unpaired) electrons. The first-order valence-corrected chi connectivity index (χ1v) is 8.65. The van der Waals surface area contributed by atoms with Gasteiger partial charge in [0.05, 0.1) is 24.6 Å². The van der Waals surface area contributed by atoms with Crippen LogP contribution in [-0.4, -0.2) is 22.8 Å². The van der Waals surface area contributed by atoms with Gasteiger partial charge in [-0.15, -0.1) is 0 Å². The summed E-state index contributed by atoms with van der Waals surface area (Å²) in [5.41, 5.74) is 2.19. The predicted molar refractivity (Wildman–Crippen MR) is 100 cm³/mol. The molecule has 3 aromatic rings. The maximum absolute atomic E-state index is 12.4. The first kappa shape index (κ1) is 17.5. The first-order chi connectivity index (χ1) is 12.1. The Morgan fingerprint density at radius 1 is 1.28 bits per heavy atom. The highest BCUT2D eigenvalue weighted by Crippen LogP contribution is 2.23. The zero-order valence-electron chi connectivity index (χ0n) is 13.4. The lowest BCUT2D eigenvalue weighted by Gasteiger charge is -2.09. The van der Waals surface area contributed by atoms with Gasteiger partial charge in [0.15, 0.2) is 0 Å². The second kappa shape index (κ2) is 7.72. The summed E-state index contributed by atoms with van der Waals surface area (Å²) in [5, 5.41) is 7.75. The van der Waals surface area contributed by atoms with E-state index in [0.29, 0.717) is 17.1 Å². The van der Waals surface area contributed by atoms with Crippen LogP contribution in [0.4, 0.5) is 0 Å². The van der Waals surface area contributed by atoms with E-state index in [0.717, 1.165) is 21.5 Å². The van der Waals surface area contributed by atoms with Crippen LogP contribution in [0.1, 0.15) is 15.9 Å². The molecule has 2 aromatic carbocycles. The van der Waals surface area contributed by atoms with Crippen LogP contribution in [-0.2, 0) is 6.54 Å². The molecule has 0 aliphatic heterocycles. The normalized spacial score (nSPS) is 10.5. The van der Waals surface area contributed by atoms with Gasteiger partial charge in [-0.05, 0) is 42.5 Å². The SMILES string of the molecule is COc1ccc(Br)cc1CNC(=O)c1cnn(-c2ccc(Cl)cc2)c1. The second-order valence-corrected chi connectivity index (χ2v) is 6.64. The van der Waals surface area contributed by atoms with Crippen LogP contribution in [0.15, 0.2) is 59.3 Å². The van der Waals surface area contributed by atoms with Gasteiger partial charge in [0.1, 0.15) is 5.75 Å². The first-order valence-electron chi connectivity index (χ1n) is 7.48. The number of amides is 1. The molecule has 128 valence electrons. The third kappa shape index (κ3) is 4.21. The number of nitrogens with one attached hydrogen (secondary N) is 1. The highest BCUT2D eigenvalue weighted by molar-refractivity contribution is 9.10. The number of ether oxygens (including phenoxy) is 1. The summed E-state index contributed by atoms with van der Waals surface area (Å²) in [6.07, 6.45) is 3.21. The summed E-state index contributed by atoms with van der Waals surface area (Å²) in [5.74, 6) is 0.516. The van der Waals surface area contributed by atoms with Gasteiger partial charge in [0, 0.05) is 27.8 Å². The van der Waals surface area contributed by atoms with Crippen molar-refractivity contribution < 1.29 is 9.53 Å². The number of carbonyl (C=O) groups excluding carboxylic acids is 1. The number of aromatic nitrogens is 2. The molecule has 5 nitrogen and oxygen atoms in total. The van der Waals surface area contributed by atoms with Gasteiger partial charge >= 0.3 is 0 Å². The molecule has 1 amide bonds. The largest absolute Gasteiger partial charge is 0.496 e. The van der Waals surface area contributed by atoms with Crippen LogP contribution >= 0.6 is 27.5 Å². The van der Waals surface area contributed by atoms with Gasteiger partial charge in [-0.1, -0.05) is 27.5 Å². The van der Waals surface area contributed by atoms with E-state index in [-0.39, 0.29) is 5.91 Å². The number of halogens is 2. The van der Waals surface area contributed by atoms with E-state index in [1.807, 2.05) is 30.3 Å². The molecule has 0 atom stereocenters. The number of hydrogen-bond donors (Lipinski definition) is 1. The Labute approximate surface area is 158 Å². The van der Waals surface area contributed by atoms with Gasteiger partial charge < -0.3 is 10.1 Å². The number of carbonyl (C=O) groups is 1. The topological polar surface area (TPSA) is 56.1 Å². The van der Waals surface area contributed by atoms with Crippen LogP contribution in [0.25, 0.3) is 5.69 Å². The minimum absolute atomic E-state index is 0.206. The van der Waals surface area contributed by atoms with Crippen molar-refractivity contribution >= 4 is 33.4 Å². The number of rotatable bonds is 5. The summed E-state index contributed by atoms with van der Waals surface area (Å²) in [7, 11) is 1.60. The third-order valence-electron chi connectivity index (χ3n) is 3.62. The minimum Gasteiger partial charge on any atom is -0.496 e. The van der Waals surface area contributed by atoms with Crippen molar-refractivity contribution in [3.8, 4) is 11.4 Å². The van der Waals surface area contributed by atoms with Crippen LogP contribution in [0.3, 0.4) is 0 Å². The molecule has 25 heavy (non-hydrogen) atoms. The standard InChI is InChI=1S/C18H15BrClN3O2/c1-25-17-7-2-14(19)8-12(17)9-21-18(24)13-10-22-23(11-13)16-5-3-15(20)4-6-16/h2-8,10-11H,9H2,1H3,(H,21,24). The Bertz CT molecular complexity index is 894. The number of nitrogens with zero attached hydrogens (tertiary/aromatic N) is 2. The molecule has 1 heterocycles. The molecule has 0 aliphatic carbocycles. The van der Waals surface area contributed by atoms with Gasteiger partial charge in [0.25, 0.3) is 5.91 Å². The highest BCUT2D eigenvalue weighted by Gasteiger charge is 2.11. The minimum atomic E-state index is -0.206. The van der Waals surface area contributed by atoms with E-state index >= 15 is 0 Å². The molecule has 0 unspecified atom stereocenters. The molecule has 3 rings (SSSR count). The summed E-state index contributed by atoms with van der Waals surface area (Å²) in [4.78, 5) is 12.4. The van der Waals surface area contributed by atoms with Crippen molar-refractivity contribution in [1.29, 1.82) is 0 Å². The Morgan fingerprint density at radius 3 is 2.76 bits per heavy atom. The van der Waals surface area contributed by atoms with Gasteiger partial charge in [-0.3, -0.25) is 4.79 Å². The van der Waals surface area contributed by atoms with Crippen molar-refractivity contribution in [1.82, 2.24) is 15.1 Å². The monoisotopic (exact) mass is 419 g/mol. The maximum Gasteiger partial charge on any atom is 0.254 e. The Hall–Kier alpha value is -2.31. The van der Waals surface area contributed by atoms with E-state index < -0.39 is 0 Å². The fourth-order valence-corrected chi connectivity index (χ4v) is 2.87. The molecule has 0 spiro atoms. The molecule has 0 fully saturated rings. The molecule has 1 N–H and O–H groups in total. The van der Waals surface area contributed by atoms with Gasteiger partial charge in [0.2, 0.25) is 0 Å². The van der Waals surface area contributed by atoms with Crippen LogP contribution in [0.2, 0.25) is 5.02 Å². The van der Waals surface area contributed by atoms with E-state index in [9.17, 15) is 4.79 Å². The zero-order valence-corrected chi connectivity index (χ0v) is 15.7. The lowest BCUT2D eigenvalue weighted by Crippen LogP contribution is -2.22. The number of benzene rings is 2. The lowest BCUT2D eigenvalue weighted by atomic mass is 10.2. The van der Waals surface area contributed by atoms with E-state index in [2.05, 4.69) is 26.3 Å². The average Bonchev–Trinajstić information content (AvgIpc) is 3.10. The van der Waals surface area contributed by atoms with Crippen molar-refractivity contribution in [2.45, 2.75) is 6.54 Å². The quantitative estimate of drug-likeness (QED) is 0.672. The summed E-state index contributed by atoms with van der Waals surface area (Å²) < 4.78 is 7.86. The number of methoxy groups -OCH3 is 1. The second-order valence-electron chi connectivity index (χ2n) is 5.29. The molecule has 0 saturated heterocycles.